The van der Waals surface area contributed by atoms with Crippen LogP contribution in [0.1, 0.15) is 17.0 Å². The van der Waals surface area contributed by atoms with Crippen LogP contribution in [-0.4, -0.2) is 19.7 Å². The number of rotatable bonds is 2. The van der Waals surface area contributed by atoms with Crippen molar-refractivity contribution in [3.8, 4) is 5.82 Å². The molecule has 2 heterocycles. The fraction of sp³-hybridized carbons (Fsp3) is 0.300. The van der Waals surface area contributed by atoms with Crippen molar-refractivity contribution in [3.05, 3.63) is 35.5 Å². The van der Waals surface area contributed by atoms with E-state index in [1.807, 2.05) is 0 Å². The molecule has 0 unspecified atom stereocenters. The Morgan fingerprint density at radius 3 is 2.61 bits per heavy atom. The van der Waals surface area contributed by atoms with Gasteiger partial charge >= 0.3 is 6.18 Å². The molecule has 0 saturated heterocycles. The van der Waals surface area contributed by atoms with Crippen molar-refractivity contribution in [3.63, 3.8) is 0 Å². The highest BCUT2D eigenvalue weighted by Crippen LogP contribution is 2.26. The van der Waals surface area contributed by atoms with E-state index in [0.29, 0.717) is 11.1 Å². The van der Waals surface area contributed by atoms with Gasteiger partial charge in [-0.25, -0.2) is 14.6 Å². The van der Waals surface area contributed by atoms with E-state index in [4.69, 9.17) is 5.73 Å². The Labute approximate surface area is 100 Å². The van der Waals surface area contributed by atoms with Gasteiger partial charge in [0.05, 0.1) is 6.20 Å². The zero-order valence-corrected chi connectivity index (χ0v) is 9.44. The minimum Gasteiger partial charge on any atom is -0.326 e. The van der Waals surface area contributed by atoms with Gasteiger partial charge in [0.1, 0.15) is 0 Å². The van der Waals surface area contributed by atoms with Gasteiger partial charge in [0.2, 0.25) is 5.82 Å². The maximum absolute atomic E-state index is 12.5. The second-order valence-electron chi connectivity index (χ2n) is 3.70. The summed E-state index contributed by atoms with van der Waals surface area (Å²) < 4.78 is 38.8. The number of hydrogen-bond acceptors (Lipinski definition) is 4. The Bertz CT molecular complexity index is 561. The molecule has 2 aromatic rings. The maximum Gasteiger partial charge on any atom is 0.451 e. The van der Waals surface area contributed by atoms with Crippen LogP contribution >= 0.6 is 0 Å². The third kappa shape index (κ3) is 2.33. The molecular weight excluding hydrogens is 247 g/mol. The zero-order chi connectivity index (χ0) is 13.3. The first-order valence-electron chi connectivity index (χ1n) is 5.06. The number of nitrogens with zero attached hydrogens (tertiary/aromatic N) is 4. The molecule has 0 saturated carbocycles. The molecule has 0 aromatic carbocycles. The fourth-order valence-electron chi connectivity index (χ4n) is 1.38. The summed E-state index contributed by atoms with van der Waals surface area (Å²) in [5.41, 5.74) is 6.62. The lowest BCUT2D eigenvalue weighted by Crippen LogP contribution is -2.14. The van der Waals surface area contributed by atoms with Crippen molar-refractivity contribution < 1.29 is 13.2 Å². The van der Waals surface area contributed by atoms with E-state index in [-0.39, 0.29) is 12.4 Å². The highest BCUT2D eigenvalue weighted by molar-refractivity contribution is 5.31. The summed E-state index contributed by atoms with van der Waals surface area (Å²) in [6.07, 6.45) is -0.439. The molecule has 0 bridgehead atoms. The molecule has 2 N–H and O–H groups in total. The van der Waals surface area contributed by atoms with Crippen LogP contribution in [0.4, 0.5) is 13.2 Å². The first-order chi connectivity index (χ1) is 8.41. The smallest absolute Gasteiger partial charge is 0.326 e. The maximum atomic E-state index is 12.5. The molecule has 0 radical (unpaired) electrons. The molecule has 2 aromatic heterocycles. The topological polar surface area (TPSA) is 69.6 Å². The minimum atomic E-state index is -4.58. The monoisotopic (exact) mass is 257 g/mol. The van der Waals surface area contributed by atoms with Crippen molar-refractivity contribution >= 4 is 0 Å². The summed E-state index contributed by atoms with van der Waals surface area (Å²) in [5, 5.41) is 3.92. The quantitative estimate of drug-likeness (QED) is 0.884. The highest BCUT2D eigenvalue weighted by Gasteiger charge is 2.35. The number of halogens is 3. The van der Waals surface area contributed by atoms with Crippen LogP contribution in [0, 0.1) is 6.92 Å². The molecule has 0 spiro atoms. The van der Waals surface area contributed by atoms with Gasteiger partial charge < -0.3 is 5.73 Å². The number of hydrogen-bond donors (Lipinski definition) is 1. The van der Waals surface area contributed by atoms with E-state index in [2.05, 4.69) is 15.1 Å². The Morgan fingerprint density at radius 2 is 2.06 bits per heavy atom. The van der Waals surface area contributed by atoms with Gasteiger partial charge in [-0.15, -0.1) is 0 Å². The molecule has 96 valence electrons. The SMILES string of the molecule is Cc1cnc(C(F)(F)F)nc1-n1cc(CN)cn1. The third-order valence-electron chi connectivity index (χ3n) is 2.29. The summed E-state index contributed by atoms with van der Waals surface area (Å²) in [4.78, 5) is 6.75. The molecule has 0 atom stereocenters. The summed E-state index contributed by atoms with van der Waals surface area (Å²) in [7, 11) is 0. The van der Waals surface area contributed by atoms with E-state index in [1.54, 1.807) is 6.92 Å². The summed E-state index contributed by atoms with van der Waals surface area (Å²) >= 11 is 0. The predicted octanol–water partition coefficient (Wildman–Crippen LogP) is 1.45. The van der Waals surface area contributed by atoms with Crippen molar-refractivity contribution in [1.82, 2.24) is 19.7 Å². The van der Waals surface area contributed by atoms with Crippen LogP contribution in [-0.2, 0) is 12.7 Å². The Hall–Kier alpha value is -1.96. The summed E-state index contributed by atoms with van der Waals surface area (Å²) in [5.74, 6) is -1.09. The lowest BCUT2D eigenvalue weighted by Gasteiger charge is -2.08. The van der Waals surface area contributed by atoms with Crippen molar-refractivity contribution in [2.24, 2.45) is 5.73 Å². The van der Waals surface area contributed by atoms with Gasteiger partial charge in [0, 0.05) is 30.1 Å². The molecule has 0 aliphatic rings. The molecular formula is C10H10F3N5. The lowest BCUT2D eigenvalue weighted by molar-refractivity contribution is -0.145. The van der Waals surface area contributed by atoms with Gasteiger partial charge in [-0.2, -0.15) is 18.3 Å². The van der Waals surface area contributed by atoms with Crippen LogP contribution in [0.2, 0.25) is 0 Å². The van der Waals surface area contributed by atoms with Gasteiger partial charge in [-0.1, -0.05) is 0 Å². The molecule has 0 fully saturated rings. The van der Waals surface area contributed by atoms with Gasteiger partial charge in [0.15, 0.2) is 5.82 Å². The third-order valence-corrected chi connectivity index (χ3v) is 2.29. The highest BCUT2D eigenvalue weighted by atomic mass is 19.4. The van der Waals surface area contributed by atoms with Crippen LogP contribution in [0.3, 0.4) is 0 Å². The van der Waals surface area contributed by atoms with Crippen molar-refractivity contribution in [1.29, 1.82) is 0 Å². The second-order valence-corrected chi connectivity index (χ2v) is 3.70. The minimum absolute atomic E-state index is 0.0945. The van der Waals surface area contributed by atoms with Crippen molar-refractivity contribution in [2.75, 3.05) is 0 Å². The summed E-state index contributed by atoms with van der Waals surface area (Å²) in [6, 6.07) is 0. The lowest BCUT2D eigenvalue weighted by atomic mass is 10.3. The molecule has 0 aliphatic carbocycles. The Kier molecular flexibility index (Phi) is 3.04. The van der Waals surface area contributed by atoms with Gasteiger partial charge in [-0.05, 0) is 6.92 Å². The number of aromatic nitrogens is 4. The van der Waals surface area contributed by atoms with Crippen LogP contribution in [0.15, 0.2) is 18.6 Å². The van der Waals surface area contributed by atoms with E-state index >= 15 is 0 Å². The number of alkyl halides is 3. The molecule has 18 heavy (non-hydrogen) atoms. The van der Waals surface area contributed by atoms with E-state index < -0.39 is 12.0 Å². The zero-order valence-electron chi connectivity index (χ0n) is 9.44. The molecule has 0 aliphatic heterocycles. The first kappa shape index (κ1) is 12.5. The largest absolute Gasteiger partial charge is 0.451 e. The normalized spacial score (nSPS) is 11.8. The molecule has 0 amide bonds. The average Bonchev–Trinajstić information content (AvgIpc) is 2.76. The Balaban J connectivity index is 2.49. The first-order valence-corrected chi connectivity index (χ1v) is 5.06. The molecule has 5 nitrogen and oxygen atoms in total. The van der Waals surface area contributed by atoms with Crippen molar-refractivity contribution in [2.45, 2.75) is 19.6 Å². The average molecular weight is 257 g/mol. The van der Waals surface area contributed by atoms with Gasteiger partial charge in [0.25, 0.3) is 0 Å². The fourth-order valence-corrected chi connectivity index (χ4v) is 1.38. The number of nitrogens with two attached hydrogens (primary N) is 1. The standard InChI is InChI=1S/C10H10F3N5/c1-6-3-15-9(10(11,12)13)17-8(6)18-5-7(2-14)4-16-18/h3-5H,2,14H2,1H3. The van der Waals surface area contributed by atoms with Gasteiger partial charge in [-0.3, -0.25) is 0 Å². The van der Waals surface area contributed by atoms with E-state index in [9.17, 15) is 13.2 Å². The molecule has 2 rings (SSSR count). The Morgan fingerprint density at radius 1 is 1.33 bits per heavy atom. The molecule has 8 heteroatoms. The summed E-state index contributed by atoms with van der Waals surface area (Å²) in [6.45, 7) is 1.87. The van der Waals surface area contributed by atoms with E-state index in [1.165, 1.54) is 17.1 Å². The predicted molar refractivity (Wildman–Crippen MR) is 56.8 cm³/mol. The van der Waals surface area contributed by atoms with Crippen LogP contribution in [0.5, 0.6) is 0 Å². The van der Waals surface area contributed by atoms with E-state index in [0.717, 1.165) is 6.20 Å². The second kappa shape index (κ2) is 4.37. The van der Waals surface area contributed by atoms with Crippen LogP contribution < -0.4 is 5.73 Å². The number of aryl methyl sites for hydroxylation is 1. The van der Waals surface area contributed by atoms with Crippen LogP contribution in [0.25, 0.3) is 5.82 Å².